The van der Waals surface area contributed by atoms with Crippen LogP contribution in [-0.4, -0.2) is 13.4 Å². The van der Waals surface area contributed by atoms with E-state index in [-0.39, 0.29) is 17.8 Å². The fourth-order valence-corrected chi connectivity index (χ4v) is 4.02. The summed E-state index contributed by atoms with van der Waals surface area (Å²) in [6.45, 7) is 8.28. The van der Waals surface area contributed by atoms with E-state index in [1.165, 1.54) is 17.7 Å². The van der Waals surface area contributed by atoms with Crippen LogP contribution in [0.25, 0.3) is 0 Å². The molecule has 2 aromatic carbocycles. The lowest BCUT2D eigenvalue weighted by molar-refractivity contribution is -0.106. The summed E-state index contributed by atoms with van der Waals surface area (Å²) in [5.74, 6) is 0.454. The second-order valence-electron chi connectivity index (χ2n) is 7.12. The van der Waals surface area contributed by atoms with Crippen LogP contribution in [0.3, 0.4) is 0 Å². The SMILES string of the molecule is C=C(C=O)[C@@H]1CCc2c(C)cc(OCc3cccc(F)c3)c(C)c2[C@@H]1OC. The molecule has 0 saturated heterocycles. The standard InChI is InChI=1S/C23H25FO3/c1-14-10-21(27-13-17-6-5-7-18(24)11-17)16(3)22-19(14)8-9-20(15(2)12-25)23(22)26-4/h5-7,10-12,20,23H,2,8-9,13H2,1,3-4H3/t20-,23+/m0/s1. The monoisotopic (exact) mass is 368 g/mol. The van der Waals surface area contributed by atoms with Crippen LogP contribution in [0.1, 0.15) is 40.3 Å². The number of benzene rings is 2. The first-order valence-corrected chi connectivity index (χ1v) is 9.13. The van der Waals surface area contributed by atoms with Crippen molar-refractivity contribution in [2.24, 2.45) is 5.92 Å². The van der Waals surface area contributed by atoms with Gasteiger partial charge in [-0.1, -0.05) is 18.7 Å². The van der Waals surface area contributed by atoms with Gasteiger partial charge in [0.05, 0.1) is 6.10 Å². The number of hydrogen-bond donors (Lipinski definition) is 0. The summed E-state index contributed by atoms with van der Waals surface area (Å²) >= 11 is 0. The Bertz CT molecular complexity index is 872. The Labute approximate surface area is 159 Å². The fourth-order valence-electron chi connectivity index (χ4n) is 4.02. The highest BCUT2D eigenvalue weighted by Crippen LogP contribution is 2.44. The van der Waals surface area contributed by atoms with Crippen molar-refractivity contribution >= 4 is 6.29 Å². The van der Waals surface area contributed by atoms with Crippen LogP contribution < -0.4 is 4.74 Å². The third-order valence-corrected chi connectivity index (χ3v) is 5.44. The number of methoxy groups -OCH3 is 1. The highest BCUT2D eigenvalue weighted by molar-refractivity contribution is 5.73. The third-order valence-electron chi connectivity index (χ3n) is 5.44. The second kappa shape index (κ2) is 8.05. The number of carbonyl (C=O) groups is 1. The van der Waals surface area contributed by atoms with Gasteiger partial charge in [-0.05, 0) is 78.3 Å². The Morgan fingerprint density at radius 2 is 2.11 bits per heavy atom. The molecular formula is C23H25FO3. The summed E-state index contributed by atoms with van der Waals surface area (Å²) in [6, 6.07) is 8.44. The van der Waals surface area contributed by atoms with E-state index in [0.717, 1.165) is 47.1 Å². The molecule has 2 aromatic rings. The molecule has 1 aliphatic rings. The number of fused-ring (bicyclic) bond motifs is 1. The maximum absolute atomic E-state index is 13.4. The lowest BCUT2D eigenvalue weighted by Gasteiger charge is -2.35. The largest absolute Gasteiger partial charge is 0.489 e. The molecular weight excluding hydrogens is 343 g/mol. The van der Waals surface area contributed by atoms with E-state index in [4.69, 9.17) is 9.47 Å². The predicted octanol–water partition coefficient (Wildman–Crippen LogP) is 5.03. The number of hydrogen-bond acceptors (Lipinski definition) is 3. The minimum atomic E-state index is -0.274. The Morgan fingerprint density at radius 3 is 2.78 bits per heavy atom. The van der Waals surface area contributed by atoms with E-state index in [1.54, 1.807) is 13.2 Å². The molecule has 0 heterocycles. The average molecular weight is 368 g/mol. The summed E-state index contributed by atoms with van der Waals surface area (Å²) in [4.78, 5) is 11.3. The minimum absolute atomic E-state index is 0.0310. The van der Waals surface area contributed by atoms with Crippen molar-refractivity contribution in [3.8, 4) is 5.75 Å². The molecule has 0 saturated carbocycles. The fraction of sp³-hybridized carbons (Fsp3) is 0.348. The van der Waals surface area contributed by atoms with Gasteiger partial charge in [-0.3, -0.25) is 4.79 Å². The van der Waals surface area contributed by atoms with E-state index < -0.39 is 0 Å². The number of carbonyl (C=O) groups excluding carboxylic acids is 1. The average Bonchev–Trinajstić information content (AvgIpc) is 2.67. The van der Waals surface area contributed by atoms with Crippen molar-refractivity contribution in [1.82, 2.24) is 0 Å². The number of rotatable bonds is 6. The molecule has 27 heavy (non-hydrogen) atoms. The van der Waals surface area contributed by atoms with Crippen molar-refractivity contribution in [2.45, 2.75) is 39.4 Å². The van der Waals surface area contributed by atoms with E-state index in [9.17, 15) is 9.18 Å². The molecule has 0 radical (unpaired) electrons. The molecule has 0 fully saturated rings. The molecule has 1 aliphatic carbocycles. The zero-order valence-electron chi connectivity index (χ0n) is 16.0. The number of halogens is 1. The molecule has 0 spiro atoms. The molecule has 4 heteroatoms. The molecule has 3 nitrogen and oxygen atoms in total. The number of ether oxygens (including phenoxy) is 2. The van der Waals surface area contributed by atoms with Gasteiger partial charge in [-0.25, -0.2) is 4.39 Å². The normalized spacial score (nSPS) is 18.7. The summed E-state index contributed by atoms with van der Waals surface area (Å²) in [5.41, 5.74) is 5.83. The van der Waals surface area contributed by atoms with Gasteiger partial charge >= 0.3 is 0 Å². The smallest absolute Gasteiger partial charge is 0.145 e. The van der Waals surface area contributed by atoms with Crippen LogP contribution in [0, 0.1) is 25.6 Å². The van der Waals surface area contributed by atoms with Crippen LogP contribution in [0.2, 0.25) is 0 Å². The Morgan fingerprint density at radius 1 is 1.33 bits per heavy atom. The zero-order valence-corrected chi connectivity index (χ0v) is 16.0. The van der Waals surface area contributed by atoms with Gasteiger partial charge in [0.1, 0.15) is 24.5 Å². The van der Waals surface area contributed by atoms with Gasteiger partial charge in [0.25, 0.3) is 0 Å². The summed E-state index contributed by atoms with van der Waals surface area (Å²) in [6.07, 6.45) is 2.33. The highest BCUT2D eigenvalue weighted by atomic mass is 19.1. The molecule has 0 amide bonds. The molecule has 0 aromatic heterocycles. The number of aldehydes is 1. The van der Waals surface area contributed by atoms with Crippen molar-refractivity contribution in [3.05, 3.63) is 76.1 Å². The molecule has 2 atom stereocenters. The van der Waals surface area contributed by atoms with E-state index >= 15 is 0 Å². The van der Waals surface area contributed by atoms with Crippen LogP contribution in [0.5, 0.6) is 5.75 Å². The summed E-state index contributed by atoms with van der Waals surface area (Å²) in [7, 11) is 1.67. The van der Waals surface area contributed by atoms with Gasteiger partial charge < -0.3 is 9.47 Å². The third kappa shape index (κ3) is 3.81. The van der Waals surface area contributed by atoms with Crippen molar-refractivity contribution in [1.29, 1.82) is 0 Å². The highest BCUT2D eigenvalue weighted by Gasteiger charge is 2.34. The molecule has 0 bridgehead atoms. The number of aryl methyl sites for hydroxylation is 1. The van der Waals surface area contributed by atoms with E-state index in [0.29, 0.717) is 12.2 Å². The van der Waals surface area contributed by atoms with E-state index in [2.05, 4.69) is 13.5 Å². The van der Waals surface area contributed by atoms with Gasteiger partial charge in [0.2, 0.25) is 0 Å². The van der Waals surface area contributed by atoms with Gasteiger partial charge in [0, 0.05) is 13.0 Å². The molecule has 3 rings (SSSR count). The van der Waals surface area contributed by atoms with Gasteiger partial charge in [-0.2, -0.15) is 0 Å². The molecule has 142 valence electrons. The van der Waals surface area contributed by atoms with Crippen molar-refractivity contribution in [2.75, 3.05) is 7.11 Å². The zero-order chi connectivity index (χ0) is 19.6. The lowest BCUT2D eigenvalue weighted by Crippen LogP contribution is -2.26. The Kier molecular flexibility index (Phi) is 5.76. The van der Waals surface area contributed by atoms with Crippen molar-refractivity contribution < 1.29 is 18.7 Å². The first-order chi connectivity index (χ1) is 13.0. The Balaban J connectivity index is 1.95. The van der Waals surface area contributed by atoms with Gasteiger partial charge in [-0.15, -0.1) is 0 Å². The molecule has 0 aliphatic heterocycles. The Hall–Kier alpha value is -2.46. The first kappa shape index (κ1) is 19.3. The van der Waals surface area contributed by atoms with Crippen molar-refractivity contribution in [3.63, 3.8) is 0 Å². The first-order valence-electron chi connectivity index (χ1n) is 9.13. The molecule has 0 unspecified atom stereocenters. The minimum Gasteiger partial charge on any atom is -0.489 e. The summed E-state index contributed by atoms with van der Waals surface area (Å²) in [5, 5.41) is 0. The maximum Gasteiger partial charge on any atom is 0.145 e. The summed E-state index contributed by atoms with van der Waals surface area (Å²) < 4.78 is 25.2. The van der Waals surface area contributed by atoms with Crippen LogP contribution >= 0.6 is 0 Å². The topological polar surface area (TPSA) is 35.5 Å². The quantitative estimate of drug-likeness (QED) is 0.530. The van der Waals surface area contributed by atoms with E-state index in [1.807, 2.05) is 19.1 Å². The second-order valence-corrected chi connectivity index (χ2v) is 7.12. The van der Waals surface area contributed by atoms with Gasteiger partial charge in [0.15, 0.2) is 0 Å². The van der Waals surface area contributed by atoms with Crippen LogP contribution in [-0.2, 0) is 22.6 Å². The predicted molar refractivity (Wildman–Crippen MR) is 103 cm³/mol. The van der Waals surface area contributed by atoms with Crippen LogP contribution in [0.4, 0.5) is 4.39 Å². The molecule has 0 N–H and O–H groups in total. The lowest BCUT2D eigenvalue weighted by atomic mass is 9.75. The maximum atomic E-state index is 13.4. The van der Waals surface area contributed by atoms with Crippen LogP contribution in [0.15, 0.2) is 42.5 Å².